The van der Waals surface area contributed by atoms with E-state index in [-0.39, 0.29) is 5.92 Å². The summed E-state index contributed by atoms with van der Waals surface area (Å²) in [6.45, 7) is 11.1. The fourth-order valence-electron chi connectivity index (χ4n) is 9.51. The van der Waals surface area contributed by atoms with Crippen LogP contribution in [0, 0.1) is 12.8 Å². The normalized spacial score (nSPS) is 17.9. The molecular formula is C56H55N3. The lowest BCUT2D eigenvalue weighted by atomic mass is 9.85. The summed E-state index contributed by atoms with van der Waals surface area (Å²) in [6.07, 6.45) is 21.5. The number of para-hydroxylation sites is 1. The van der Waals surface area contributed by atoms with Crippen molar-refractivity contribution >= 4 is 55.8 Å². The maximum absolute atomic E-state index is 5.28. The van der Waals surface area contributed by atoms with Gasteiger partial charge in [-0.3, -0.25) is 0 Å². The summed E-state index contributed by atoms with van der Waals surface area (Å²) in [5.41, 5.74) is 18.3. The van der Waals surface area contributed by atoms with E-state index >= 15 is 0 Å². The maximum Gasteiger partial charge on any atom is 0.136 e. The second-order valence-electron chi connectivity index (χ2n) is 16.8. The smallest absolute Gasteiger partial charge is 0.136 e. The topological polar surface area (TPSA) is 29.6 Å². The monoisotopic (exact) mass is 769 g/mol. The van der Waals surface area contributed by atoms with E-state index in [9.17, 15) is 0 Å². The molecule has 0 N–H and O–H groups in total. The highest BCUT2D eigenvalue weighted by atomic mass is 15.0. The number of nitrogens with zero attached hydrogens (tertiary/aromatic N) is 3. The molecular weight excluding hydrogens is 715 g/mol. The zero-order valence-electron chi connectivity index (χ0n) is 35.0. The van der Waals surface area contributed by atoms with Crippen molar-refractivity contribution in [3.05, 3.63) is 185 Å². The summed E-state index contributed by atoms with van der Waals surface area (Å²) in [4.78, 5) is 10.5. The van der Waals surface area contributed by atoms with Gasteiger partial charge in [-0.05, 0) is 153 Å². The van der Waals surface area contributed by atoms with E-state index < -0.39 is 0 Å². The third-order valence-electron chi connectivity index (χ3n) is 12.8. The third kappa shape index (κ3) is 7.91. The molecule has 0 spiro atoms. The minimum Gasteiger partial charge on any atom is -0.309 e. The lowest BCUT2D eigenvalue weighted by molar-refractivity contribution is 0.720. The van der Waals surface area contributed by atoms with Crippen LogP contribution in [-0.4, -0.2) is 16.1 Å². The highest BCUT2D eigenvalue weighted by molar-refractivity contribution is 6.11. The number of fused-ring (bicyclic) bond motifs is 3. The standard InChI is InChI=1S/C56H55N3/c1-38-36-48(56(57-40(3)42-18-11-7-12-19-42)58-41(4)43-28-30-46(31-29-43)44-20-13-8-14-21-44)32-34-49(38)50-25-17-27-53(39(50)2)59-54-26-16-15-24-51(54)52-37-47(33-35-55(52)59)45-22-9-5-6-10-23-45/h7,11-12,15-20,22,24-35,37,48H,3,5-6,8-10,13-14,21,23,36H2,1-2,4H3/b57-56-,58-41+. The summed E-state index contributed by atoms with van der Waals surface area (Å²) in [7, 11) is 0. The first-order valence-corrected chi connectivity index (χ1v) is 21.8. The molecule has 0 amide bonds. The molecule has 0 saturated carbocycles. The molecule has 3 nitrogen and oxygen atoms in total. The van der Waals surface area contributed by atoms with Gasteiger partial charge >= 0.3 is 0 Å². The van der Waals surface area contributed by atoms with Crippen molar-refractivity contribution in [2.24, 2.45) is 15.9 Å². The van der Waals surface area contributed by atoms with Crippen LogP contribution in [0.5, 0.6) is 0 Å². The van der Waals surface area contributed by atoms with Crippen LogP contribution in [-0.2, 0) is 0 Å². The van der Waals surface area contributed by atoms with Gasteiger partial charge in [-0.2, -0.15) is 0 Å². The molecule has 0 aliphatic heterocycles. The average Bonchev–Trinajstić information content (AvgIpc) is 3.39. The first-order valence-electron chi connectivity index (χ1n) is 21.8. The van der Waals surface area contributed by atoms with Crippen molar-refractivity contribution in [1.29, 1.82) is 0 Å². The minimum absolute atomic E-state index is 0.0134. The molecule has 294 valence electrons. The van der Waals surface area contributed by atoms with Crippen LogP contribution in [0.3, 0.4) is 0 Å². The van der Waals surface area contributed by atoms with Crippen LogP contribution in [0.15, 0.2) is 162 Å². The summed E-state index contributed by atoms with van der Waals surface area (Å²) >= 11 is 0. The number of rotatable bonds is 8. The third-order valence-corrected chi connectivity index (χ3v) is 12.8. The van der Waals surface area contributed by atoms with E-state index in [4.69, 9.17) is 9.98 Å². The fourth-order valence-corrected chi connectivity index (χ4v) is 9.51. The van der Waals surface area contributed by atoms with E-state index in [1.165, 1.54) is 123 Å². The molecule has 6 aromatic rings. The van der Waals surface area contributed by atoms with Gasteiger partial charge in [-0.15, -0.1) is 0 Å². The van der Waals surface area contributed by atoms with Crippen molar-refractivity contribution in [2.45, 2.75) is 85.0 Å². The zero-order valence-corrected chi connectivity index (χ0v) is 35.0. The van der Waals surface area contributed by atoms with E-state index in [2.05, 4.69) is 153 Å². The molecule has 3 heteroatoms. The lowest BCUT2D eigenvalue weighted by Crippen LogP contribution is -2.16. The average molecular weight is 770 g/mol. The Hall–Kier alpha value is -6.06. The molecule has 5 aromatic carbocycles. The number of amidine groups is 1. The van der Waals surface area contributed by atoms with Crippen molar-refractivity contribution in [2.75, 3.05) is 0 Å². The summed E-state index contributed by atoms with van der Waals surface area (Å²) in [5, 5.41) is 2.62. The number of aromatic nitrogens is 1. The molecule has 1 unspecified atom stereocenters. The number of hydrogen-bond donors (Lipinski definition) is 0. The van der Waals surface area contributed by atoms with E-state index in [0.717, 1.165) is 41.2 Å². The molecule has 9 rings (SSSR count). The number of allylic oxidation sites excluding steroid dienone is 7. The van der Waals surface area contributed by atoms with Crippen LogP contribution in [0.4, 0.5) is 0 Å². The van der Waals surface area contributed by atoms with Crippen LogP contribution >= 0.6 is 0 Å². The Balaban J connectivity index is 1.05. The van der Waals surface area contributed by atoms with Crippen molar-refractivity contribution in [1.82, 2.24) is 4.57 Å². The van der Waals surface area contributed by atoms with Gasteiger partial charge in [0.05, 0.1) is 16.7 Å². The van der Waals surface area contributed by atoms with Gasteiger partial charge in [0.25, 0.3) is 0 Å². The number of hydrogen-bond acceptors (Lipinski definition) is 1. The van der Waals surface area contributed by atoms with E-state index in [1.54, 1.807) is 0 Å². The fraction of sp³-hybridized carbons (Fsp3) is 0.250. The minimum atomic E-state index is 0.0134. The maximum atomic E-state index is 5.28. The van der Waals surface area contributed by atoms with Crippen LogP contribution < -0.4 is 0 Å². The molecule has 59 heavy (non-hydrogen) atoms. The van der Waals surface area contributed by atoms with Crippen molar-refractivity contribution in [3.63, 3.8) is 0 Å². The van der Waals surface area contributed by atoms with E-state index in [1.807, 2.05) is 18.2 Å². The molecule has 0 radical (unpaired) electrons. The highest BCUT2D eigenvalue weighted by Gasteiger charge is 2.23. The molecule has 1 heterocycles. The predicted octanol–water partition coefficient (Wildman–Crippen LogP) is 15.3. The molecule has 0 bridgehead atoms. The summed E-state index contributed by atoms with van der Waals surface area (Å²) in [6, 6.07) is 42.1. The van der Waals surface area contributed by atoms with Crippen LogP contribution in [0.25, 0.3) is 49.9 Å². The SMILES string of the molecule is C=C(/N=C(\N=C(/C)c1ccc(C2=CCCCC2)cc1)C1C=CC(c2cccc(-n3c4ccccc4c4cc(C5=CCCCCC5)ccc43)c2C)=C(C)C1)c1ccccc1. The van der Waals surface area contributed by atoms with Gasteiger partial charge in [0, 0.05) is 28.1 Å². The van der Waals surface area contributed by atoms with Gasteiger partial charge in [0.15, 0.2) is 0 Å². The summed E-state index contributed by atoms with van der Waals surface area (Å²) < 4.78 is 2.48. The molecule has 3 aliphatic carbocycles. The molecule has 0 fully saturated rings. The lowest BCUT2D eigenvalue weighted by Gasteiger charge is -2.23. The second-order valence-corrected chi connectivity index (χ2v) is 16.8. The zero-order chi connectivity index (χ0) is 40.3. The Morgan fingerprint density at radius 2 is 1.34 bits per heavy atom. The molecule has 1 atom stereocenters. The van der Waals surface area contributed by atoms with Crippen molar-refractivity contribution in [3.8, 4) is 5.69 Å². The van der Waals surface area contributed by atoms with Crippen LogP contribution in [0.2, 0.25) is 0 Å². The predicted molar refractivity (Wildman–Crippen MR) is 254 cm³/mol. The quantitative estimate of drug-likeness (QED) is 0.109. The Labute approximate surface area is 350 Å². The molecule has 1 aromatic heterocycles. The number of benzene rings is 5. The van der Waals surface area contributed by atoms with Crippen LogP contribution in [0.1, 0.15) is 111 Å². The van der Waals surface area contributed by atoms with Gasteiger partial charge in [-0.25, -0.2) is 9.98 Å². The van der Waals surface area contributed by atoms with E-state index in [0.29, 0.717) is 0 Å². The Morgan fingerprint density at radius 1 is 0.644 bits per heavy atom. The highest BCUT2D eigenvalue weighted by Crippen LogP contribution is 2.39. The molecule has 3 aliphatic rings. The Kier molecular flexibility index (Phi) is 11.1. The summed E-state index contributed by atoms with van der Waals surface area (Å²) in [5.74, 6) is 0.805. The van der Waals surface area contributed by atoms with Crippen molar-refractivity contribution < 1.29 is 0 Å². The van der Waals surface area contributed by atoms with Gasteiger partial charge in [0.1, 0.15) is 5.84 Å². The van der Waals surface area contributed by atoms with Gasteiger partial charge in [-0.1, -0.05) is 134 Å². The van der Waals surface area contributed by atoms with Gasteiger partial charge < -0.3 is 4.57 Å². The number of aliphatic imine (C=N–C) groups is 2. The van der Waals surface area contributed by atoms with Gasteiger partial charge in [0.2, 0.25) is 0 Å². The molecule has 0 saturated heterocycles. The Bertz CT molecular complexity index is 2740. The first kappa shape index (κ1) is 38.5. The Morgan fingerprint density at radius 3 is 2.12 bits per heavy atom. The second kappa shape index (κ2) is 17.0. The first-order chi connectivity index (χ1) is 28.9. The largest absolute Gasteiger partial charge is 0.309 e.